The molecule has 2 atom stereocenters. The van der Waals surface area contributed by atoms with E-state index in [1.54, 1.807) is 20.5 Å². The average molecular weight is 705 g/mol. The molecule has 1 N–H and O–H groups in total. The van der Waals surface area contributed by atoms with E-state index in [2.05, 4.69) is 25.3 Å². The molecule has 2 aliphatic rings. The highest BCUT2D eigenvalue weighted by Gasteiger charge is 2.42. The van der Waals surface area contributed by atoms with Gasteiger partial charge in [-0.25, -0.2) is 4.98 Å². The van der Waals surface area contributed by atoms with Gasteiger partial charge in [0.2, 0.25) is 5.91 Å². The summed E-state index contributed by atoms with van der Waals surface area (Å²) in [6.07, 6.45) is 0.661. The Morgan fingerprint density at radius 3 is 2.65 bits per heavy atom. The number of H-pyrrole nitrogens is 1. The van der Waals surface area contributed by atoms with E-state index in [1.165, 1.54) is 18.3 Å². The third kappa shape index (κ3) is 6.31. The number of amides is 2. The third-order valence-electron chi connectivity index (χ3n) is 10.0. The van der Waals surface area contributed by atoms with Crippen LogP contribution in [0.5, 0.6) is 0 Å². The summed E-state index contributed by atoms with van der Waals surface area (Å²) in [5, 5.41) is 9.61. The Labute approximate surface area is 297 Å². The van der Waals surface area contributed by atoms with Crippen molar-refractivity contribution in [3.05, 3.63) is 119 Å². The molecule has 13 heteroatoms. The van der Waals surface area contributed by atoms with Gasteiger partial charge in [-0.05, 0) is 61.6 Å². The lowest BCUT2D eigenvalue weighted by Crippen LogP contribution is -2.48. The number of hydrogen-bond acceptors (Lipinski definition) is 6. The molecule has 0 radical (unpaired) electrons. The van der Waals surface area contributed by atoms with E-state index in [4.69, 9.17) is 0 Å². The molecule has 8 rings (SSSR count). The molecular weight excluding hydrogens is 669 g/mol. The second-order valence-electron chi connectivity index (χ2n) is 13.3. The molecule has 2 amide bonds. The first-order chi connectivity index (χ1) is 25.1. The number of likely N-dealkylation sites (tertiary alicyclic amines) is 1. The van der Waals surface area contributed by atoms with Gasteiger partial charge in [0.05, 0.1) is 41.8 Å². The third-order valence-corrected chi connectivity index (χ3v) is 10.0. The predicted molar refractivity (Wildman–Crippen MR) is 187 cm³/mol. The normalized spacial score (nSPS) is 17.5. The molecule has 3 aromatic carbocycles. The molecule has 1 saturated heterocycles. The van der Waals surface area contributed by atoms with Crippen molar-refractivity contribution in [3.63, 3.8) is 0 Å². The van der Waals surface area contributed by atoms with E-state index in [1.807, 2.05) is 67.7 Å². The van der Waals surface area contributed by atoms with E-state index in [-0.39, 0.29) is 36.0 Å². The highest BCUT2D eigenvalue weighted by Crippen LogP contribution is 2.40. The van der Waals surface area contributed by atoms with E-state index in [0.29, 0.717) is 43.9 Å². The van der Waals surface area contributed by atoms with Crippen LogP contribution in [-0.2, 0) is 28.7 Å². The lowest BCUT2D eigenvalue weighted by atomic mass is 9.91. The van der Waals surface area contributed by atoms with Crippen LogP contribution in [0.1, 0.15) is 59.6 Å². The summed E-state index contributed by atoms with van der Waals surface area (Å²) < 4.78 is 43.0. The summed E-state index contributed by atoms with van der Waals surface area (Å²) in [7, 11) is 0. The van der Waals surface area contributed by atoms with Gasteiger partial charge in [0.1, 0.15) is 17.6 Å². The number of nitrogens with zero attached hydrogens (tertiary/aromatic N) is 7. The van der Waals surface area contributed by atoms with Crippen LogP contribution >= 0.6 is 0 Å². The molecule has 1 fully saturated rings. The Morgan fingerprint density at radius 1 is 0.962 bits per heavy atom. The number of fused-ring (bicyclic) bond motifs is 2. The van der Waals surface area contributed by atoms with Gasteiger partial charge in [0.25, 0.3) is 5.91 Å². The molecule has 0 aliphatic carbocycles. The molecule has 5 heterocycles. The van der Waals surface area contributed by atoms with Crippen LogP contribution in [0.3, 0.4) is 0 Å². The van der Waals surface area contributed by atoms with E-state index >= 15 is 0 Å². The van der Waals surface area contributed by atoms with Crippen molar-refractivity contribution in [1.82, 2.24) is 39.7 Å². The van der Waals surface area contributed by atoms with Gasteiger partial charge in [-0.2, -0.15) is 13.2 Å². The molecule has 3 aromatic heterocycles. The van der Waals surface area contributed by atoms with Crippen LogP contribution in [0.15, 0.2) is 91.3 Å². The number of rotatable bonds is 7. The van der Waals surface area contributed by atoms with Gasteiger partial charge in [-0.1, -0.05) is 59.8 Å². The number of pyridine rings is 1. The van der Waals surface area contributed by atoms with Crippen LogP contribution in [0.2, 0.25) is 0 Å². The smallest absolute Gasteiger partial charge is 0.340 e. The van der Waals surface area contributed by atoms with E-state index < -0.39 is 23.8 Å². The Hall–Kier alpha value is -5.85. The summed E-state index contributed by atoms with van der Waals surface area (Å²) in [4.78, 5) is 44.0. The molecule has 0 spiro atoms. The molecule has 2 aliphatic heterocycles. The Balaban J connectivity index is 1.01. The van der Waals surface area contributed by atoms with Crippen LogP contribution in [0.25, 0.3) is 33.4 Å². The largest absolute Gasteiger partial charge is 0.417 e. The molecule has 2 unspecified atom stereocenters. The zero-order valence-electron chi connectivity index (χ0n) is 28.3. The number of hydrogen-bond donors (Lipinski definition) is 1. The molecular formula is C39H35F3N8O2. The van der Waals surface area contributed by atoms with Crippen molar-refractivity contribution in [2.24, 2.45) is 0 Å². The molecule has 0 saturated carbocycles. The van der Waals surface area contributed by atoms with E-state index in [9.17, 15) is 22.8 Å². The molecule has 52 heavy (non-hydrogen) atoms. The number of benzene rings is 3. The van der Waals surface area contributed by atoms with Crippen molar-refractivity contribution in [1.29, 1.82) is 0 Å². The fourth-order valence-corrected chi connectivity index (χ4v) is 7.46. The van der Waals surface area contributed by atoms with Gasteiger partial charge >= 0.3 is 6.18 Å². The van der Waals surface area contributed by atoms with Gasteiger partial charge in [0.15, 0.2) is 0 Å². The lowest BCUT2D eigenvalue weighted by molar-refractivity contribution is -0.147. The van der Waals surface area contributed by atoms with Crippen molar-refractivity contribution < 1.29 is 22.8 Å². The topological polar surface area (TPSA) is 113 Å². The standard InChI is InChI=1S/C39H35F3N8O2/c1-24-12-13-26-21-27(14-15-31(26)44-24)33-23-48(47-46-33)19-17-35(51)50-20-16-25-7-2-3-8-28(25)36(50)38(52)49-18-6-11-34(49)37-43-22-32(45-37)29-9-4-5-10-30(29)39(40,41)42/h2-5,7-10,12-15,21-23,34,36H,6,11,16-20H2,1H3,(H,43,45). The number of carbonyl (C=O) groups is 2. The maximum absolute atomic E-state index is 14.6. The summed E-state index contributed by atoms with van der Waals surface area (Å²) in [6.45, 7) is 3.04. The van der Waals surface area contributed by atoms with Crippen LogP contribution in [0, 0.1) is 6.92 Å². The highest BCUT2D eigenvalue weighted by molar-refractivity contribution is 5.90. The van der Waals surface area contributed by atoms with Crippen molar-refractivity contribution in [2.75, 3.05) is 13.1 Å². The molecule has 10 nitrogen and oxygen atoms in total. The lowest BCUT2D eigenvalue weighted by Gasteiger charge is -2.39. The monoisotopic (exact) mass is 704 g/mol. The van der Waals surface area contributed by atoms with Crippen molar-refractivity contribution in [3.8, 4) is 22.5 Å². The summed E-state index contributed by atoms with van der Waals surface area (Å²) in [5.41, 5.74) is 4.65. The van der Waals surface area contributed by atoms with Gasteiger partial charge in [-0.3, -0.25) is 19.3 Å². The maximum atomic E-state index is 14.6. The number of alkyl halides is 3. The number of aryl methyl sites for hydroxylation is 2. The number of imidazole rings is 1. The predicted octanol–water partition coefficient (Wildman–Crippen LogP) is 7.09. The van der Waals surface area contributed by atoms with Crippen molar-refractivity contribution >= 4 is 22.7 Å². The van der Waals surface area contributed by atoms with Gasteiger partial charge in [-0.15, -0.1) is 5.10 Å². The summed E-state index contributed by atoms with van der Waals surface area (Å²) in [5.74, 6) is -0.00270. The SMILES string of the molecule is Cc1ccc2cc(-c3cn(CCC(=O)N4CCc5ccccc5C4C(=O)N4CCCC4c4ncc(-c5ccccc5C(F)(F)F)[nH]4)nn3)ccc2n1. The zero-order chi connectivity index (χ0) is 36.0. The number of nitrogens with one attached hydrogen (secondary N) is 1. The van der Waals surface area contributed by atoms with Crippen LogP contribution < -0.4 is 0 Å². The molecule has 6 aromatic rings. The maximum Gasteiger partial charge on any atom is 0.417 e. The Bertz CT molecular complexity index is 2300. The summed E-state index contributed by atoms with van der Waals surface area (Å²) in [6, 6.07) is 21.6. The minimum Gasteiger partial charge on any atom is -0.340 e. The first kappa shape index (κ1) is 33.3. The minimum atomic E-state index is -4.54. The zero-order valence-corrected chi connectivity index (χ0v) is 28.3. The Kier molecular flexibility index (Phi) is 8.56. The second kappa shape index (κ2) is 13.4. The fourth-order valence-electron chi connectivity index (χ4n) is 7.46. The first-order valence-corrected chi connectivity index (χ1v) is 17.3. The number of halogens is 3. The quantitative estimate of drug-likeness (QED) is 0.190. The van der Waals surface area contributed by atoms with Crippen LogP contribution in [-0.4, -0.2) is 64.6 Å². The summed E-state index contributed by atoms with van der Waals surface area (Å²) >= 11 is 0. The first-order valence-electron chi connectivity index (χ1n) is 17.3. The average Bonchev–Trinajstić information content (AvgIpc) is 3.94. The van der Waals surface area contributed by atoms with E-state index in [0.717, 1.165) is 39.4 Å². The number of carbonyl (C=O) groups excluding carboxylic acids is 2. The van der Waals surface area contributed by atoms with Gasteiger partial charge < -0.3 is 14.8 Å². The van der Waals surface area contributed by atoms with Gasteiger partial charge in [0, 0.05) is 41.7 Å². The highest BCUT2D eigenvalue weighted by atomic mass is 19.4. The number of aromatic nitrogens is 6. The number of aromatic amines is 1. The minimum absolute atomic E-state index is 0.00765. The van der Waals surface area contributed by atoms with Crippen molar-refractivity contribution in [2.45, 2.75) is 57.4 Å². The Morgan fingerprint density at radius 2 is 1.79 bits per heavy atom. The molecule has 0 bridgehead atoms. The van der Waals surface area contributed by atoms with Crippen LogP contribution in [0.4, 0.5) is 13.2 Å². The molecule has 264 valence electrons. The second-order valence-corrected chi connectivity index (χ2v) is 13.3. The fraction of sp³-hybridized carbons (Fsp3) is 0.282.